The number of nitrogens with one attached hydrogen (secondary N) is 1. The van der Waals surface area contributed by atoms with Crippen LogP contribution in [0.3, 0.4) is 0 Å². The molecule has 0 amide bonds. The highest BCUT2D eigenvalue weighted by atomic mass is 32.1. The van der Waals surface area contributed by atoms with Crippen LogP contribution >= 0.6 is 11.5 Å². The lowest BCUT2D eigenvalue weighted by molar-refractivity contribution is 0.520. The summed E-state index contributed by atoms with van der Waals surface area (Å²) in [4.78, 5) is 4.07. The van der Waals surface area contributed by atoms with Gasteiger partial charge in [-0.05, 0) is 19.3 Å². The van der Waals surface area contributed by atoms with E-state index in [1.54, 1.807) is 0 Å². The van der Waals surface area contributed by atoms with Crippen molar-refractivity contribution in [3.63, 3.8) is 0 Å². The predicted octanol–water partition coefficient (Wildman–Crippen LogP) is 2.75. The lowest BCUT2D eigenvalue weighted by atomic mass is 10.0. The Morgan fingerprint density at radius 1 is 1.33 bits per heavy atom. The van der Waals surface area contributed by atoms with Crippen molar-refractivity contribution in [2.24, 2.45) is 5.92 Å². The minimum atomic E-state index is 0.358. The molecule has 0 radical (unpaired) electrons. The largest absolute Gasteiger partial charge is 0.367 e. The zero-order valence-corrected chi connectivity index (χ0v) is 10.5. The first-order chi connectivity index (χ1) is 7.08. The van der Waals surface area contributed by atoms with Gasteiger partial charge in [0.2, 0.25) is 11.1 Å². The van der Waals surface area contributed by atoms with E-state index in [2.05, 4.69) is 35.4 Å². The second kappa shape index (κ2) is 5.90. The van der Waals surface area contributed by atoms with E-state index in [1.807, 2.05) is 0 Å². The van der Waals surface area contributed by atoms with E-state index in [9.17, 15) is 0 Å². The Kier molecular flexibility index (Phi) is 4.81. The molecule has 0 fully saturated rings. The fraction of sp³-hybridized carbons (Fsp3) is 0.800. The fourth-order valence-electron chi connectivity index (χ4n) is 1.41. The average Bonchev–Trinajstić information content (AvgIpc) is 2.50. The topological polar surface area (TPSA) is 63.8 Å². The highest BCUT2D eigenvalue weighted by Crippen LogP contribution is 2.15. The normalized spacial score (nSPS) is 13.1. The lowest BCUT2D eigenvalue weighted by Gasteiger charge is -2.12. The van der Waals surface area contributed by atoms with Gasteiger partial charge in [0.25, 0.3) is 0 Å². The molecule has 0 aliphatic rings. The first kappa shape index (κ1) is 12.2. The van der Waals surface area contributed by atoms with Gasteiger partial charge in [-0.25, -0.2) is 0 Å². The zero-order chi connectivity index (χ0) is 11.3. The molecular weight excluding hydrogens is 208 g/mol. The Morgan fingerprint density at radius 2 is 2.07 bits per heavy atom. The van der Waals surface area contributed by atoms with Crippen molar-refractivity contribution in [2.45, 2.75) is 46.1 Å². The maximum Gasteiger partial charge on any atom is 0.233 e. The molecule has 1 aromatic rings. The van der Waals surface area contributed by atoms with E-state index in [4.69, 9.17) is 5.73 Å². The molecule has 1 atom stereocenters. The van der Waals surface area contributed by atoms with Gasteiger partial charge in [-0.3, -0.25) is 0 Å². The number of nitrogens with two attached hydrogens (primary N) is 1. The Hall–Kier alpha value is -0.840. The molecule has 86 valence electrons. The van der Waals surface area contributed by atoms with Gasteiger partial charge in [0.15, 0.2) is 0 Å². The van der Waals surface area contributed by atoms with Crippen molar-refractivity contribution in [1.82, 2.24) is 9.36 Å². The molecule has 0 saturated heterocycles. The molecule has 0 bridgehead atoms. The maximum atomic E-state index is 5.44. The van der Waals surface area contributed by atoms with Crippen molar-refractivity contribution in [3.8, 4) is 0 Å². The summed E-state index contributed by atoms with van der Waals surface area (Å²) in [6.45, 7) is 6.67. The monoisotopic (exact) mass is 228 g/mol. The van der Waals surface area contributed by atoms with Crippen molar-refractivity contribution in [3.05, 3.63) is 0 Å². The highest BCUT2D eigenvalue weighted by Gasteiger charge is 2.06. The first-order valence-corrected chi connectivity index (χ1v) is 6.21. The predicted molar refractivity (Wildman–Crippen MR) is 66.1 cm³/mol. The summed E-state index contributed by atoms with van der Waals surface area (Å²) in [6, 6.07) is 0.441. The van der Waals surface area contributed by atoms with Crippen LogP contribution in [0.2, 0.25) is 0 Å². The fourth-order valence-corrected chi connectivity index (χ4v) is 2.02. The molecule has 1 rings (SSSR count). The summed E-state index contributed by atoms with van der Waals surface area (Å²) in [6.07, 6.45) is 3.70. The van der Waals surface area contributed by atoms with Crippen molar-refractivity contribution in [2.75, 3.05) is 11.1 Å². The van der Waals surface area contributed by atoms with Crippen LogP contribution in [-0.4, -0.2) is 15.4 Å². The summed E-state index contributed by atoms with van der Waals surface area (Å²) in [5, 5.41) is 4.12. The van der Waals surface area contributed by atoms with Gasteiger partial charge in [-0.1, -0.05) is 26.7 Å². The number of nitrogen functional groups attached to an aromatic ring is 1. The minimum Gasteiger partial charge on any atom is -0.367 e. The second-order valence-electron chi connectivity index (χ2n) is 4.33. The molecule has 1 heterocycles. The van der Waals surface area contributed by atoms with Crippen molar-refractivity contribution >= 4 is 22.6 Å². The molecule has 0 aliphatic heterocycles. The summed E-state index contributed by atoms with van der Waals surface area (Å²) in [7, 11) is 0. The molecule has 15 heavy (non-hydrogen) atoms. The highest BCUT2D eigenvalue weighted by molar-refractivity contribution is 7.09. The van der Waals surface area contributed by atoms with Gasteiger partial charge in [0.05, 0.1) is 0 Å². The maximum absolute atomic E-state index is 5.44. The van der Waals surface area contributed by atoms with Crippen LogP contribution in [0.1, 0.15) is 40.0 Å². The summed E-state index contributed by atoms with van der Waals surface area (Å²) in [5.41, 5.74) is 5.44. The van der Waals surface area contributed by atoms with Crippen LogP contribution in [0.15, 0.2) is 0 Å². The quantitative estimate of drug-likeness (QED) is 0.786. The standard InChI is InChI=1S/C10H20N4S/c1-7(2)5-4-6-8(3)12-10-13-9(11)14-15-10/h7-8H,4-6H2,1-3H3,(H3,11,12,13,14). The van der Waals surface area contributed by atoms with Gasteiger partial charge in [0.1, 0.15) is 0 Å². The smallest absolute Gasteiger partial charge is 0.233 e. The van der Waals surface area contributed by atoms with Crippen molar-refractivity contribution < 1.29 is 0 Å². The van der Waals surface area contributed by atoms with Crippen LogP contribution in [0.5, 0.6) is 0 Å². The number of rotatable bonds is 6. The first-order valence-electron chi connectivity index (χ1n) is 5.43. The number of hydrogen-bond donors (Lipinski definition) is 2. The van der Waals surface area contributed by atoms with Crippen LogP contribution in [0.4, 0.5) is 11.1 Å². The third kappa shape index (κ3) is 4.97. The van der Waals surface area contributed by atoms with E-state index in [0.29, 0.717) is 12.0 Å². The SMILES string of the molecule is CC(C)CCCC(C)Nc1nc(N)ns1. The third-order valence-electron chi connectivity index (χ3n) is 2.23. The second-order valence-corrected chi connectivity index (χ2v) is 5.08. The Bertz CT molecular complexity index is 285. The number of anilines is 2. The Labute approximate surface area is 95.5 Å². The van der Waals surface area contributed by atoms with Crippen LogP contribution in [0.25, 0.3) is 0 Å². The van der Waals surface area contributed by atoms with Crippen molar-refractivity contribution in [1.29, 1.82) is 0 Å². The lowest BCUT2D eigenvalue weighted by Crippen LogP contribution is -2.15. The zero-order valence-electron chi connectivity index (χ0n) is 9.66. The van der Waals surface area contributed by atoms with Crippen LogP contribution in [-0.2, 0) is 0 Å². The van der Waals surface area contributed by atoms with E-state index < -0.39 is 0 Å². The van der Waals surface area contributed by atoms with E-state index >= 15 is 0 Å². The number of nitrogens with zero attached hydrogens (tertiary/aromatic N) is 2. The van der Waals surface area contributed by atoms with E-state index in [0.717, 1.165) is 17.5 Å². The van der Waals surface area contributed by atoms with Crippen LogP contribution < -0.4 is 11.1 Å². The molecule has 5 heteroatoms. The number of hydrogen-bond acceptors (Lipinski definition) is 5. The Balaban J connectivity index is 2.21. The van der Waals surface area contributed by atoms with E-state index in [1.165, 1.54) is 24.4 Å². The molecule has 0 spiro atoms. The molecule has 0 saturated carbocycles. The van der Waals surface area contributed by atoms with Gasteiger partial charge < -0.3 is 11.1 Å². The summed E-state index contributed by atoms with van der Waals surface area (Å²) < 4.78 is 3.92. The van der Waals surface area contributed by atoms with Gasteiger partial charge in [-0.2, -0.15) is 9.36 Å². The minimum absolute atomic E-state index is 0.358. The summed E-state index contributed by atoms with van der Waals surface area (Å²) in [5.74, 6) is 1.14. The van der Waals surface area contributed by atoms with Gasteiger partial charge >= 0.3 is 0 Å². The molecule has 0 aromatic carbocycles. The number of aromatic nitrogens is 2. The van der Waals surface area contributed by atoms with Crippen LogP contribution in [0, 0.1) is 5.92 Å². The van der Waals surface area contributed by atoms with E-state index in [-0.39, 0.29) is 0 Å². The van der Waals surface area contributed by atoms with Gasteiger partial charge in [0, 0.05) is 17.6 Å². The molecule has 0 aliphatic carbocycles. The van der Waals surface area contributed by atoms with Gasteiger partial charge in [-0.15, -0.1) is 0 Å². The Morgan fingerprint density at radius 3 is 2.60 bits per heavy atom. The molecule has 1 unspecified atom stereocenters. The average molecular weight is 228 g/mol. The molecule has 4 nitrogen and oxygen atoms in total. The molecular formula is C10H20N4S. The molecule has 1 aromatic heterocycles. The third-order valence-corrected chi connectivity index (χ3v) is 2.89. The molecule has 3 N–H and O–H groups in total. The summed E-state index contributed by atoms with van der Waals surface area (Å²) >= 11 is 1.32.